The smallest absolute Gasteiger partial charge is 0.413 e. The molecule has 1 heterocycles. The van der Waals surface area contributed by atoms with Crippen molar-refractivity contribution in [2.24, 2.45) is 4.99 Å². The second-order valence-electron chi connectivity index (χ2n) is 4.22. The summed E-state index contributed by atoms with van der Waals surface area (Å²) in [5, 5.41) is 3.30. The highest BCUT2D eigenvalue weighted by Crippen LogP contribution is 2.29. The summed E-state index contributed by atoms with van der Waals surface area (Å²) in [5.74, 6) is 0.503. The van der Waals surface area contributed by atoms with Crippen LogP contribution < -0.4 is 5.32 Å². The Hall–Kier alpha value is -1.75. The number of halogens is 1. The molecule has 1 aliphatic heterocycles. The van der Waals surface area contributed by atoms with E-state index in [1.54, 1.807) is 6.92 Å². The van der Waals surface area contributed by atoms with E-state index in [2.05, 4.69) is 10.3 Å². The van der Waals surface area contributed by atoms with Gasteiger partial charge in [-0.1, -0.05) is 29.8 Å². The standard InChI is InChI=1S/C13H16ClN3O2/c1-3-19-13(18)16-12-15-11(8-17(12)2)9-6-4-5-7-10(9)14/h4-7,11H,3,8H2,1-2H3,(H,15,16,18). The van der Waals surface area contributed by atoms with Crippen LogP contribution in [0, 0.1) is 0 Å². The van der Waals surface area contributed by atoms with Gasteiger partial charge in [-0.15, -0.1) is 0 Å². The summed E-state index contributed by atoms with van der Waals surface area (Å²) in [7, 11) is 1.86. The second kappa shape index (κ2) is 5.93. The van der Waals surface area contributed by atoms with Crippen LogP contribution in [0.25, 0.3) is 0 Å². The first-order valence-electron chi connectivity index (χ1n) is 6.09. The van der Waals surface area contributed by atoms with Crippen LogP contribution in [0.5, 0.6) is 0 Å². The van der Waals surface area contributed by atoms with Gasteiger partial charge in [-0.2, -0.15) is 0 Å². The number of guanidine groups is 1. The number of hydrogen-bond acceptors (Lipinski definition) is 4. The number of carbonyl (C=O) groups is 1. The van der Waals surface area contributed by atoms with Gasteiger partial charge in [0.25, 0.3) is 0 Å². The summed E-state index contributed by atoms with van der Waals surface area (Å²) < 4.78 is 4.83. The summed E-state index contributed by atoms with van der Waals surface area (Å²) >= 11 is 6.16. The number of rotatable bonds is 2. The molecule has 1 aromatic rings. The van der Waals surface area contributed by atoms with Crippen LogP contribution in [-0.4, -0.2) is 37.2 Å². The van der Waals surface area contributed by atoms with Crippen LogP contribution in [0.15, 0.2) is 29.3 Å². The predicted molar refractivity (Wildman–Crippen MR) is 74.4 cm³/mol. The molecule has 0 aliphatic carbocycles. The molecular formula is C13H16ClN3O2. The number of carbonyl (C=O) groups excluding carboxylic acids is 1. The molecule has 1 atom stereocenters. The van der Waals surface area contributed by atoms with Crippen LogP contribution in [0.4, 0.5) is 4.79 Å². The van der Waals surface area contributed by atoms with Crippen LogP contribution in [-0.2, 0) is 4.74 Å². The van der Waals surface area contributed by atoms with E-state index in [0.29, 0.717) is 24.1 Å². The zero-order chi connectivity index (χ0) is 13.8. The van der Waals surface area contributed by atoms with Crippen molar-refractivity contribution in [1.82, 2.24) is 10.2 Å². The fourth-order valence-corrected chi connectivity index (χ4v) is 2.19. The van der Waals surface area contributed by atoms with Crippen molar-refractivity contribution < 1.29 is 9.53 Å². The topological polar surface area (TPSA) is 53.9 Å². The molecule has 1 N–H and O–H groups in total. The Balaban J connectivity index is 2.12. The minimum absolute atomic E-state index is 0.0735. The minimum atomic E-state index is -0.493. The highest BCUT2D eigenvalue weighted by molar-refractivity contribution is 6.31. The van der Waals surface area contributed by atoms with Gasteiger partial charge in [0.2, 0.25) is 5.96 Å². The first kappa shape index (κ1) is 13.7. The van der Waals surface area contributed by atoms with E-state index in [-0.39, 0.29) is 6.04 Å². The highest BCUT2D eigenvalue weighted by Gasteiger charge is 2.26. The van der Waals surface area contributed by atoms with Gasteiger partial charge in [-0.25, -0.2) is 9.79 Å². The number of alkyl carbamates (subject to hydrolysis) is 1. The molecule has 6 heteroatoms. The molecule has 1 aromatic carbocycles. The molecule has 1 unspecified atom stereocenters. The van der Waals surface area contributed by atoms with E-state index >= 15 is 0 Å². The average Bonchev–Trinajstić information content (AvgIpc) is 2.71. The van der Waals surface area contributed by atoms with Crippen LogP contribution >= 0.6 is 11.6 Å². The maximum Gasteiger partial charge on any atom is 0.413 e. The molecule has 5 nitrogen and oxygen atoms in total. The third kappa shape index (κ3) is 3.17. The monoisotopic (exact) mass is 281 g/mol. The number of nitrogens with zero attached hydrogens (tertiary/aromatic N) is 2. The summed E-state index contributed by atoms with van der Waals surface area (Å²) in [6.45, 7) is 2.76. The largest absolute Gasteiger partial charge is 0.450 e. The molecule has 102 valence electrons. The van der Waals surface area contributed by atoms with E-state index < -0.39 is 6.09 Å². The first-order chi connectivity index (χ1) is 9.11. The average molecular weight is 282 g/mol. The van der Waals surface area contributed by atoms with Crippen LogP contribution in [0.2, 0.25) is 5.02 Å². The van der Waals surface area contributed by atoms with E-state index in [0.717, 1.165) is 5.56 Å². The lowest BCUT2D eigenvalue weighted by Crippen LogP contribution is -2.39. The Morgan fingerprint density at radius 2 is 2.32 bits per heavy atom. The third-order valence-corrected chi connectivity index (χ3v) is 3.18. The summed E-state index contributed by atoms with van der Waals surface area (Å²) in [5.41, 5.74) is 0.955. The third-order valence-electron chi connectivity index (χ3n) is 2.84. The van der Waals surface area contributed by atoms with Gasteiger partial charge < -0.3 is 9.64 Å². The number of nitrogens with one attached hydrogen (secondary N) is 1. The maximum atomic E-state index is 11.4. The van der Waals surface area contributed by atoms with Gasteiger partial charge in [0.15, 0.2) is 0 Å². The molecule has 0 bridgehead atoms. The Morgan fingerprint density at radius 1 is 1.58 bits per heavy atom. The van der Waals surface area contributed by atoms with Gasteiger partial charge >= 0.3 is 6.09 Å². The summed E-state index contributed by atoms with van der Waals surface area (Å²) in [6, 6.07) is 7.51. The number of amides is 1. The number of aliphatic imine (C=N–C) groups is 1. The molecule has 1 amide bonds. The SMILES string of the molecule is CCOC(=O)NC1=NC(c2ccccc2Cl)CN1C. The maximum absolute atomic E-state index is 11.4. The molecule has 2 rings (SSSR count). The fraction of sp³-hybridized carbons (Fsp3) is 0.385. The van der Waals surface area contributed by atoms with Crippen molar-refractivity contribution in [3.05, 3.63) is 34.9 Å². The molecule has 0 radical (unpaired) electrons. The van der Waals surface area contributed by atoms with Gasteiger partial charge in [-0.05, 0) is 18.6 Å². The number of ether oxygens (including phenoxy) is 1. The van der Waals surface area contributed by atoms with E-state index in [1.165, 1.54) is 0 Å². The number of hydrogen-bond donors (Lipinski definition) is 1. The van der Waals surface area contributed by atoms with E-state index in [4.69, 9.17) is 16.3 Å². The van der Waals surface area contributed by atoms with E-state index in [9.17, 15) is 4.79 Å². The highest BCUT2D eigenvalue weighted by atomic mass is 35.5. The molecule has 0 saturated carbocycles. The van der Waals surface area contributed by atoms with Gasteiger partial charge in [0.05, 0.1) is 12.6 Å². The van der Waals surface area contributed by atoms with Crippen molar-refractivity contribution >= 4 is 23.7 Å². The zero-order valence-corrected chi connectivity index (χ0v) is 11.6. The molecule has 0 aromatic heterocycles. The van der Waals surface area contributed by atoms with Crippen molar-refractivity contribution in [3.8, 4) is 0 Å². The van der Waals surface area contributed by atoms with Gasteiger partial charge in [0.1, 0.15) is 0 Å². The molecule has 0 fully saturated rings. The Morgan fingerprint density at radius 3 is 3.00 bits per heavy atom. The predicted octanol–water partition coefficient (Wildman–Crippen LogP) is 2.43. The number of likely N-dealkylation sites (N-methyl/N-ethyl adjacent to an activating group) is 1. The lowest BCUT2D eigenvalue weighted by molar-refractivity contribution is 0.157. The zero-order valence-electron chi connectivity index (χ0n) is 10.9. The summed E-state index contributed by atoms with van der Waals surface area (Å²) in [6.07, 6.45) is -0.493. The van der Waals surface area contributed by atoms with Crippen molar-refractivity contribution in [3.63, 3.8) is 0 Å². The normalized spacial score (nSPS) is 18.2. The lowest BCUT2D eigenvalue weighted by Gasteiger charge is -2.15. The fourth-order valence-electron chi connectivity index (χ4n) is 1.93. The first-order valence-corrected chi connectivity index (χ1v) is 6.46. The Labute approximate surface area is 117 Å². The minimum Gasteiger partial charge on any atom is -0.450 e. The molecule has 0 spiro atoms. The van der Waals surface area contributed by atoms with Gasteiger partial charge in [-0.3, -0.25) is 5.32 Å². The molecular weight excluding hydrogens is 266 g/mol. The number of benzene rings is 1. The Kier molecular flexibility index (Phi) is 4.27. The van der Waals surface area contributed by atoms with Crippen LogP contribution in [0.3, 0.4) is 0 Å². The Bertz CT molecular complexity index is 504. The van der Waals surface area contributed by atoms with Gasteiger partial charge in [0, 0.05) is 18.6 Å². The second-order valence-corrected chi connectivity index (χ2v) is 4.62. The molecule has 19 heavy (non-hydrogen) atoms. The van der Waals surface area contributed by atoms with E-state index in [1.807, 2.05) is 36.2 Å². The van der Waals surface area contributed by atoms with Crippen molar-refractivity contribution in [2.45, 2.75) is 13.0 Å². The quantitative estimate of drug-likeness (QED) is 0.906. The van der Waals surface area contributed by atoms with Crippen molar-refractivity contribution in [1.29, 1.82) is 0 Å². The lowest BCUT2D eigenvalue weighted by atomic mass is 10.1. The molecule has 0 saturated heterocycles. The van der Waals surface area contributed by atoms with Crippen molar-refractivity contribution in [2.75, 3.05) is 20.2 Å². The summed E-state index contributed by atoms with van der Waals surface area (Å²) in [4.78, 5) is 17.7. The van der Waals surface area contributed by atoms with Crippen LogP contribution in [0.1, 0.15) is 18.5 Å². The molecule has 1 aliphatic rings.